The van der Waals surface area contributed by atoms with Crippen molar-refractivity contribution in [3.05, 3.63) is 83.7 Å². The van der Waals surface area contributed by atoms with Gasteiger partial charge in [0.2, 0.25) is 0 Å². The van der Waals surface area contributed by atoms with Gasteiger partial charge in [0.05, 0.1) is 11.4 Å². The molecule has 0 bridgehead atoms. The highest BCUT2D eigenvalue weighted by Crippen LogP contribution is 2.23. The largest absolute Gasteiger partial charge is 0.268 e. The Morgan fingerprint density at radius 2 is 1.68 bits per heavy atom. The minimum atomic E-state index is -3.93. The van der Waals surface area contributed by atoms with E-state index in [1.54, 1.807) is 47.3 Å². The second kappa shape index (κ2) is 7.59. The fourth-order valence-electron chi connectivity index (χ4n) is 2.72. The summed E-state index contributed by atoms with van der Waals surface area (Å²) in [7, 11) is -3.93. The van der Waals surface area contributed by atoms with Crippen LogP contribution in [0.4, 0.5) is 0 Å². The minimum absolute atomic E-state index is 0.0594. The lowest BCUT2D eigenvalue weighted by Crippen LogP contribution is -2.30. The van der Waals surface area contributed by atoms with Crippen LogP contribution < -0.4 is 4.72 Å². The summed E-state index contributed by atoms with van der Waals surface area (Å²) < 4.78 is 28.9. The van der Waals surface area contributed by atoms with Crippen molar-refractivity contribution < 1.29 is 13.2 Å². The maximum Gasteiger partial charge on any atom is 0.264 e. The number of rotatable bonds is 5. The molecule has 0 atom stereocenters. The van der Waals surface area contributed by atoms with Crippen molar-refractivity contribution in [1.29, 1.82) is 0 Å². The summed E-state index contributed by atoms with van der Waals surface area (Å²) >= 11 is 0. The van der Waals surface area contributed by atoms with Gasteiger partial charge in [0.25, 0.3) is 15.9 Å². The maximum atomic E-state index is 12.5. The van der Waals surface area contributed by atoms with Gasteiger partial charge in [0, 0.05) is 18.0 Å². The first kappa shape index (κ1) is 19.8. The summed E-state index contributed by atoms with van der Waals surface area (Å²) in [5.41, 5.74) is 2.18. The van der Waals surface area contributed by atoms with E-state index in [4.69, 9.17) is 0 Å². The Kier molecular flexibility index (Phi) is 5.38. The molecule has 146 valence electrons. The summed E-state index contributed by atoms with van der Waals surface area (Å²) in [6.07, 6.45) is 3.54. The van der Waals surface area contributed by atoms with Crippen LogP contribution in [0.15, 0.2) is 71.9 Å². The van der Waals surface area contributed by atoms with E-state index in [2.05, 4.69) is 9.82 Å². The number of hydrogen-bond donors (Lipinski definition) is 1. The Hall–Kier alpha value is -2.93. The van der Waals surface area contributed by atoms with Crippen molar-refractivity contribution in [1.82, 2.24) is 14.5 Å². The van der Waals surface area contributed by atoms with Gasteiger partial charge in [-0.25, -0.2) is 13.1 Å². The van der Waals surface area contributed by atoms with E-state index in [0.717, 1.165) is 11.1 Å². The molecule has 28 heavy (non-hydrogen) atoms. The first-order chi connectivity index (χ1) is 13.1. The van der Waals surface area contributed by atoms with Gasteiger partial charge in [-0.15, -0.1) is 0 Å². The third-order valence-corrected chi connectivity index (χ3v) is 5.72. The number of hydrogen-bond acceptors (Lipinski definition) is 4. The lowest BCUT2D eigenvalue weighted by atomic mass is 9.87. The van der Waals surface area contributed by atoms with Gasteiger partial charge in [-0.05, 0) is 46.9 Å². The van der Waals surface area contributed by atoms with Gasteiger partial charge in [0.1, 0.15) is 0 Å². The SMILES string of the molecule is CC(C)(C)c1ccc(S(=O)(=O)NC(=O)c2ccc(Cn3cccn3)cc2)cc1. The van der Waals surface area contributed by atoms with Gasteiger partial charge in [-0.2, -0.15) is 5.10 Å². The molecule has 0 radical (unpaired) electrons. The van der Waals surface area contributed by atoms with E-state index >= 15 is 0 Å². The molecule has 7 heteroatoms. The number of nitrogens with zero attached hydrogens (tertiary/aromatic N) is 2. The predicted octanol–water partition coefficient (Wildman–Crippen LogP) is 3.35. The summed E-state index contributed by atoms with van der Waals surface area (Å²) in [6, 6.07) is 15.2. The van der Waals surface area contributed by atoms with Crippen LogP contribution in [0.5, 0.6) is 0 Å². The molecular formula is C21H23N3O3S. The Bertz CT molecular complexity index is 1050. The van der Waals surface area contributed by atoms with Gasteiger partial charge in [-0.3, -0.25) is 9.48 Å². The lowest BCUT2D eigenvalue weighted by Gasteiger charge is -2.19. The Balaban J connectivity index is 1.70. The molecule has 1 heterocycles. The average molecular weight is 398 g/mol. The molecule has 2 aromatic carbocycles. The molecule has 0 aliphatic carbocycles. The molecule has 0 saturated heterocycles. The topological polar surface area (TPSA) is 81.1 Å². The molecule has 3 aromatic rings. The minimum Gasteiger partial charge on any atom is -0.268 e. The van der Waals surface area contributed by atoms with Crippen LogP contribution in [0.1, 0.15) is 42.3 Å². The summed E-state index contributed by atoms with van der Waals surface area (Å²) in [5, 5.41) is 4.13. The second-order valence-electron chi connectivity index (χ2n) is 7.61. The van der Waals surface area contributed by atoms with Crippen LogP contribution >= 0.6 is 0 Å². The molecule has 0 fully saturated rings. The first-order valence-electron chi connectivity index (χ1n) is 8.89. The number of sulfonamides is 1. The normalized spacial score (nSPS) is 12.0. The molecule has 0 aliphatic heterocycles. The van der Waals surface area contributed by atoms with Crippen LogP contribution in [0.2, 0.25) is 0 Å². The first-order valence-corrected chi connectivity index (χ1v) is 10.4. The Morgan fingerprint density at radius 3 is 2.21 bits per heavy atom. The molecule has 1 amide bonds. The predicted molar refractivity (Wildman–Crippen MR) is 108 cm³/mol. The Morgan fingerprint density at radius 1 is 1.04 bits per heavy atom. The number of benzene rings is 2. The smallest absolute Gasteiger partial charge is 0.264 e. The van der Waals surface area contributed by atoms with Gasteiger partial charge in [0.15, 0.2) is 0 Å². The zero-order chi connectivity index (χ0) is 20.4. The van der Waals surface area contributed by atoms with E-state index in [1.807, 2.05) is 33.0 Å². The van der Waals surface area contributed by atoms with Crippen molar-refractivity contribution in [2.45, 2.75) is 37.6 Å². The van der Waals surface area contributed by atoms with E-state index in [1.165, 1.54) is 12.1 Å². The van der Waals surface area contributed by atoms with Crippen LogP contribution in [-0.4, -0.2) is 24.1 Å². The maximum absolute atomic E-state index is 12.5. The van der Waals surface area contributed by atoms with Crippen molar-refractivity contribution in [2.24, 2.45) is 0 Å². The quantitative estimate of drug-likeness (QED) is 0.716. The monoisotopic (exact) mass is 397 g/mol. The zero-order valence-corrected chi connectivity index (χ0v) is 16.9. The van der Waals surface area contributed by atoms with Crippen molar-refractivity contribution >= 4 is 15.9 Å². The zero-order valence-electron chi connectivity index (χ0n) is 16.1. The van der Waals surface area contributed by atoms with Crippen molar-refractivity contribution in [3.8, 4) is 0 Å². The molecule has 3 rings (SSSR count). The van der Waals surface area contributed by atoms with E-state index in [-0.39, 0.29) is 15.9 Å². The number of carbonyl (C=O) groups excluding carboxylic acids is 1. The Labute approximate surface area is 165 Å². The molecule has 0 saturated carbocycles. The summed E-state index contributed by atoms with van der Waals surface area (Å²) in [4.78, 5) is 12.4. The highest BCUT2D eigenvalue weighted by atomic mass is 32.2. The summed E-state index contributed by atoms with van der Waals surface area (Å²) in [5.74, 6) is -0.662. The fourth-order valence-corrected chi connectivity index (χ4v) is 3.69. The fraction of sp³-hybridized carbons (Fsp3) is 0.238. The highest BCUT2D eigenvalue weighted by Gasteiger charge is 2.20. The van der Waals surface area contributed by atoms with Crippen molar-refractivity contribution in [2.75, 3.05) is 0 Å². The number of nitrogens with one attached hydrogen (secondary N) is 1. The molecule has 1 N–H and O–H groups in total. The average Bonchev–Trinajstić information content (AvgIpc) is 3.14. The van der Waals surface area contributed by atoms with Gasteiger partial charge >= 0.3 is 0 Å². The third kappa shape index (κ3) is 4.67. The number of amides is 1. The van der Waals surface area contributed by atoms with E-state index < -0.39 is 15.9 Å². The molecule has 0 unspecified atom stereocenters. The highest BCUT2D eigenvalue weighted by molar-refractivity contribution is 7.90. The molecule has 0 aliphatic rings. The molecular weight excluding hydrogens is 374 g/mol. The van der Waals surface area contributed by atoms with Crippen molar-refractivity contribution in [3.63, 3.8) is 0 Å². The molecule has 1 aromatic heterocycles. The molecule has 0 spiro atoms. The number of aromatic nitrogens is 2. The van der Waals surface area contributed by atoms with Crippen LogP contribution in [0.3, 0.4) is 0 Å². The third-order valence-electron chi connectivity index (χ3n) is 4.38. The number of carbonyl (C=O) groups is 1. The standard InChI is InChI=1S/C21H23N3O3S/c1-21(2,3)18-9-11-19(12-10-18)28(26,27)23-20(25)17-7-5-16(6-8-17)15-24-14-4-13-22-24/h4-14H,15H2,1-3H3,(H,23,25). The second-order valence-corrected chi connectivity index (χ2v) is 9.29. The van der Waals surface area contributed by atoms with E-state index in [0.29, 0.717) is 6.54 Å². The van der Waals surface area contributed by atoms with Gasteiger partial charge in [-0.1, -0.05) is 45.0 Å². The molecule has 6 nitrogen and oxygen atoms in total. The van der Waals surface area contributed by atoms with Crippen LogP contribution in [0.25, 0.3) is 0 Å². The van der Waals surface area contributed by atoms with Gasteiger partial charge < -0.3 is 0 Å². The van der Waals surface area contributed by atoms with E-state index in [9.17, 15) is 13.2 Å². The summed E-state index contributed by atoms with van der Waals surface area (Å²) in [6.45, 7) is 6.73. The van der Waals surface area contributed by atoms with Crippen LogP contribution in [-0.2, 0) is 22.0 Å². The van der Waals surface area contributed by atoms with Crippen LogP contribution in [0, 0.1) is 0 Å². The lowest BCUT2D eigenvalue weighted by molar-refractivity contribution is 0.0981.